The van der Waals surface area contributed by atoms with E-state index in [0.29, 0.717) is 37.2 Å². The number of nitrogens with zero attached hydrogens (tertiary/aromatic N) is 2. The van der Waals surface area contributed by atoms with Gasteiger partial charge in [0, 0.05) is 32.2 Å². The Bertz CT molecular complexity index is 760. The van der Waals surface area contributed by atoms with Gasteiger partial charge >= 0.3 is 0 Å². The van der Waals surface area contributed by atoms with Crippen molar-refractivity contribution in [3.63, 3.8) is 0 Å². The van der Waals surface area contributed by atoms with E-state index in [4.69, 9.17) is 23.2 Å². The minimum Gasteiger partial charge on any atom is -0.352 e. The van der Waals surface area contributed by atoms with E-state index in [0.717, 1.165) is 12.8 Å². The largest absolute Gasteiger partial charge is 0.352 e. The summed E-state index contributed by atoms with van der Waals surface area (Å²) in [5, 5.41) is 3.53. The van der Waals surface area contributed by atoms with Crippen molar-refractivity contribution < 1.29 is 13.2 Å². The molecule has 1 N–H and O–H groups in total. The number of piperazine rings is 1. The van der Waals surface area contributed by atoms with Crippen LogP contribution in [0.5, 0.6) is 0 Å². The molecule has 138 valence electrons. The van der Waals surface area contributed by atoms with Crippen LogP contribution in [0, 0.1) is 0 Å². The first-order valence-electron chi connectivity index (χ1n) is 8.28. The smallest absolute Gasteiger partial charge is 0.243 e. The van der Waals surface area contributed by atoms with Crippen molar-refractivity contribution in [1.29, 1.82) is 0 Å². The summed E-state index contributed by atoms with van der Waals surface area (Å²) in [4.78, 5) is 14.3. The van der Waals surface area contributed by atoms with Crippen LogP contribution in [0.15, 0.2) is 23.1 Å². The van der Waals surface area contributed by atoms with Gasteiger partial charge in [0.25, 0.3) is 0 Å². The Labute approximate surface area is 158 Å². The summed E-state index contributed by atoms with van der Waals surface area (Å²) >= 11 is 11.8. The number of amides is 1. The van der Waals surface area contributed by atoms with E-state index in [1.807, 2.05) is 11.8 Å². The number of carbonyl (C=O) groups is 1. The van der Waals surface area contributed by atoms with Crippen LogP contribution < -0.4 is 5.32 Å². The van der Waals surface area contributed by atoms with Crippen LogP contribution in [0.2, 0.25) is 10.0 Å². The van der Waals surface area contributed by atoms with Gasteiger partial charge in [-0.3, -0.25) is 9.69 Å². The average molecular weight is 406 g/mol. The number of hydrogen-bond acceptors (Lipinski definition) is 4. The fourth-order valence-electron chi connectivity index (χ4n) is 2.83. The molecule has 1 amide bonds. The molecule has 3 rings (SSSR count). The summed E-state index contributed by atoms with van der Waals surface area (Å²) in [7, 11) is -3.62. The van der Waals surface area contributed by atoms with Gasteiger partial charge in [-0.05, 0) is 38.0 Å². The Morgan fingerprint density at radius 1 is 1.16 bits per heavy atom. The number of halogens is 2. The lowest BCUT2D eigenvalue weighted by Crippen LogP contribution is -2.55. The zero-order chi connectivity index (χ0) is 18.2. The molecule has 25 heavy (non-hydrogen) atoms. The highest BCUT2D eigenvalue weighted by molar-refractivity contribution is 7.89. The molecule has 0 unspecified atom stereocenters. The molecule has 0 spiro atoms. The van der Waals surface area contributed by atoms with E-state index in [1.54, 1.807) is 0 Å². The van der Waals surface area contributed by atoms with Crippen LogP contribution in [0.3, 0.4) is 0 Å². The van der Waals surface area contributed by atoms with Crippen LogP contribution in [-0.2, 0) is 14.8 Å². The molecule has 0 bridgehead atoms. The van der Waals surface area contributed by atoms with E-state index < -0.39 is 10.0 Å². The monoisotopic (exact) mass is 405 g/mol. The Kier molecular flexibility index (Phi) is 5.60. The van der Waals surface area contributed by atoms with Gasteiger partial charge in [-0.1, -0.05) is 23.2 Å². The molecular formula is C16H21Cl2N3O3S. The standard InChI is InChI=1S/C16H21Cl2N3O3S/c1-11(16(22)19-12-2-3-12)20-6-8-21(9-7-20)25(23,24)13-4-5-14(17)15(18)10-13/h4-5,10-12H,2-3,6-9H2,1H3,(H,19,22)/t11-/m0/s1. The minimum absolute atomic E-state index is 0.0169. The second-order valence-corrected chi connectivity index (χ2v) is 9.23. The molecule has 9 heteroatoms. The van der Waals surface area contributed by atoms with Crippen molar-refractivity contribution in [2.75, 3.05) is 26.2 Å². The van der Waals surface area contributed by atoms with E-state index in [1.165, 1.54) is 22.5 Å². The third kappa shape index (κ3) is 4.28. The molecule has 1 aromatic carbocycles. The normalized spacial score (nSPS) is 21.1. The van der Waals surface area contributed by atoms with Crippen LogP contribution in [0.1, 0.15) is 19.8 Å². The van der Waals surface area contributed by atoms with Crippen molar-refractivity contribution in [2.24, 2.45) is 0 Å². The number of carbonyl (C=O) groups excluding carboxylic acids is 1. The summed E-state index contributed by atoms with van der Waals surface area (Å²) in [6, 6.07) is 4.39. The number of sulfonamides is 1. The van der Waals surface area contributed by atoms with Gasteiger partial charge in [-0.15, -0.1) is 0 Å². The highest BCUT2D eigenvalue weighted by atomic mass is 35.5. The first-order chi connectivity index (χ1) is 11.8. The quantitative estimate of drug-likeness (QED) is 0.812. The highest BCUT2D eigenvalue weighted by Crippen LogP contribution is 2.27. The molecule has 1 heterocycles. The highest BCUT2D eigenvalue weighted by Gasteiger charge is 2.33. The molecule has 1 aliphatic carbocycles. The predicted octanol–water partition coefficient (Wildman–Crippen LogP) is 1.97. The van der Waals surface area contributed by atoms with Gasteiger partial charge in [-0.25, -0.2) is 8.42 Å². The molecule has 0 aromatic heterocycles. The molecule has 1 aliphatic heterocycles. The van der Waals surface area contributed by atoms with Gasteiger partial charge in [0.2, 0.25) is 15.9 Å². The lowest BCUT2D eigenvalue weighted by atomic mass is 10.2. The summed E-state index contributed by atoms with van der Waals surface area (Å²) in [5.41, 5.74) is 0. The fourth-order valence-corrected chi connectivity index (χ4v) is 4.64. The number of nitrogens with one attached hydrogen (secondary N) is 1. The van der Waals surface area contributed by atoms with Gasteiger partial charge in [0.1, 0.15) is 0 Å². The molecule has 1 atom stereocenters. The summed E-state index contributed by atoms with van der Waals surface area (Å²) in [6.45, 7) is 3.56. The van der Waals surface area contributed by atoms with E-state index >= 15 is 0 Å². The average Bonchev–Trinajstić information content (AvgIpc) is 3.40. The Morgan fingerprint density at radius 2 is 1.80 bits per heavy atom. The maximum atomic E-state index is 12.7. The Hall–Kier alpha value is -0.860. The van der Waals surface area contributed by atoms with Crippen LogP contribution in [-0.4, -0.2) is 61.8 Å². The molecule has 1 aromatic rings. The second-order valence-electron chi connectivity index (χ2n) is 6.47. The van der Waals surface area contributed by atoms with Crippen molar-refractivity contribution in [3.8, 4) is 0 Å². The van der Waals surface area contributed by atoms with Crippen LogP contribution in [0.4, 0.5) is 0 Å². The molecule has 1 saturated carbocycles. The van der Waals surface area contributed by atoms with Crippen molar-refractivity contribution in [3.05, 3.63) is 28.2 Å². The number of hydrogen-bond donors (Lipinski definition) is 1. The van der Waals surface area contributed by atoms with Gasteiger partial charge in [0.15, 0.2) is 0 Å². The molecule has 2 aliphatic rings. The van der Waals surface area contributed by atoms with E-state index in [2.05, 4.69) is 5.32 Å². The number of benzene rings is 1. The first kappa shape index (κ1) is 18.9. The van der Waals surface area contributed by atoms with E-state index in [9.17, 15) is 13.2 Å². The third-order valence-electron chi connectivity index (χ3n) is 4.65. The summed E-state index contributed by atoms with van der Waals surface area (Å²) < 4.78 is 26.9. The number of rotatable bonds is 5. The Morgan fingerprint density at radius 3 is 2.36 bits per heavy atom. The Balaban J connectivity index is 1.62. The molecule has 2 fully saturated rings. The summed E-state index contributed by atoms with van der Waals surface area (Å²) in [5.74, 6) is 0.0169. The van der Waals surface area contributed by atoms with Gasteiger partial charge in [-0.2, -0.15) is 4.31 Å². The SMILES string of the molecule is C[C@@H](C(=O)NC1CC1)N1CCN(S(=O)(=O)c2ccc(Cl)c(Cl)c2)CC1. The molecule has 0 radical (unpaired) electrons. The second kappa shape index (κ2) is 7.40. The van der Waals surface area contributed by atoms with E-state index in [-0.39, 0.29) is 21.9 Å². The lowest BCUT2D eigenvalue weighted by molar-refractivity contribution is -0.126. The van der Waals surface area contributed by atoms with Crippen molar-refractivity contribution >= 4 is 39.1 Å². The topological polar surface area (TPSA) is 69.7 Å². The van der Waals surface area contributed by atoms with Crippen LogP contribution in [0.25, 0.3) is 0 Å². The predicted molar refractivity (Wildman–Crippen MR) is 97.4 cm³/mol. The maximum absolute atomic E-state index is 12.7. The lowest BCUT2D eigenvalue weighted by Gasteiger charge is -2.36. The molecular weight excluding hydrogens is 385 g/mol. The van der Waals surface area contributed by atoms with Crippen LogP contribution >= 0.6 is 23.2 Å². The minimum atomic E-state index is -3.62. The zero-order valence-electron chi connectivity index (χ0n) is 13.9. The zero-order valence-corrected chi connectivity index (χ0v) is 16.2. The van der Waals surface area contributed by atoms with Crippen molar-refractivity contribution in [2.45, 2.75) is 36.7 Å². The van der Waals surface area contributed by atoms with Gasteiger partial charge < -0.3 is 5.32 Å². The first-order valence-corrected chi connectivity index (χ1v) is 10.5. The van der Waals surface area contributed by atoms with Gasteiger partial charge in [0.05, 0.1) is 21.0 Å². The fraction of sp³-hybridized carbons (Fsp3) is 0.562. The summed E-state index contributed by atoms with van der Waals surface area (Å²) in [6.07, 6.45) is 2.10. The molecule has 6 nitrogen and oxygen atoms in total. The molecule has 1 saturated heterocycles. The third-order valence-corrected chi connectivity index (χ3v) is 7.29. The maximum Gasteiger partial charge on any atom is 0.243 e. The van der Waals surface area contributed by atoms with Crippen molar-refractivity contribution in [1.82, 2.24) is 14.5 Å².